The van der Waals surface area contributed by atoms with Crippen molar-refractivity contribution in [3.63, 3.8) is 0 Å². The molecule has 3 heterocycles. The number of ether oxygens (including phenoxy) is 1. The van der Waals surface area contributed by atoms with Gasteiger partial charge in [0.1, 0.15) is 11.5 Å². The summed E-state index contributed by atoms with van der Waals surface area (Å²) >= 11 is 0. The molecule has 0 spiro atoms. The Bertz CT molecular complexity index is 1290. The molecule has 0 amide bonds. The molecule has 10 heteroatoms. The van der Waals surface area contributed by atoms with Gasteiger partial charge in [-0.05, 0) is 60.7 Å². The molecular formula is C28H40BN5O3S. The molecule has 1 N–H and O–H groups in total. The number of aromatic amines is 1. The van der Waals surface area contributed by atoms with Crippen molar-refractivity contribution in [2.24, 2.45) is 10.9 Å². The monoisotopic (exact) mass is 537 g/mol. The van der Waals surface area contributed by atoms with Crippen molar-refractivity contribution in [3.05, 3.63) is 59.5 Å². The van der Waals surface area contributed by atoms with E-state index < -0.39 is 9.84 Å². The Hall–Kier alpha value is -2.98. The number of pyridine rings is 1. The maximum Gasteiger partial charge on any atom is 0.175 e. The Balaban J connectivity index is 0.000000773. The van der Waals surface area contributed by atoms with Crippen LogP contribution >= 0.6 is 0 Å². The fourth-order valence-electron chi connectivity index (χ4n) is 3.96. The highest BCUT2D eigenvalue weighted by Crippen LogP contribution is 2.32. The summed E-state index contributed by atoms with van der Waals surface area (Å²) in [5.74, 6) is 1.67. The van der Waals surface area contributed by atoms with Crippen LogP contribution in [0.2, 0.25) is 6.82 Å². The van der Waals surface area contributed by atoms with E-state index in [-0.39, 0.29) is 6.04 Å². The zero-order chi connectivity index (χ0) is 28.5. The van der Waals surface area contributed by atoms with Crippen molar-refractivity contribution in [1.82, 2.24) is 15.2 Å². The first kappa shape index (κ1) is 31.2. The van der Waals surface area contributed by atoms with Crippen molar-refractivity contribution < 1.29 is 13.2 Å². The number of aliphatic imine (C=N–C) groups is 1. The molecule has 0 aliphatic carbocycles. The molecule has 2 aromatic heterocycles. The van der Waals surface area contributed by atoms with Crippen LogP contribution in [0.5, 0.6) is 0 Å². The van der Waals surface area contributed by atoms with Crippen molar-refractivity contribution in [3.8, 4) is 11.1 Å². The number of morpholine rings is 1. The second-order valence-corrected chi connectivity index (χ2v) is 11.7. The average molecular weight is 538 g/mol. The van der Waals surface area contributed by atoms with Crippen molar-refractivity contribution in [1.29, 1.82) is 0 Å². The summed E-state index contributed by atoms with van der Waals surface area (Å²) in [7, 11) is 2.97. The number of benzene rings is 1. The lowest BCUT2D eigenvalue weighted by molar-refractivity contribution is 0.0985. The molecule has 3 aromatic rings. The van der Waals surface area contributed by atoms with E-state index in [9.17, 15) is 8.42 Å². The molecule has 1 unspecified atom stereocenters. The first-order valence-electron chi connectivity index (χ1n) is 12.7. The standard InChI is InChI=1S/C23H27N5O3S.C4H10.CH3B/c1-15-14-31-12-11-28(15)21-13-19(17-5-7-18(8-6-17)32(4,29)30)16(2)22(26-21)23(24-3)20-9-10-25-27-20;1-4(2)3;1-2/h5-10,13,15H,11-12,14H2,1-4H3,(H,25,27);4H,1-3H3;1H3. The third-order valence-corrected chi connectivity index (χ3v) is 6.85. The predicted molar refractivity (Wildman–Crippen MR) is 157 cm³/mol. The summed E-state index contributed by atoms with van der Waals surface area (Å²) in [5, 5.41) is 7.05. The summed E-state index contributed by atoms with van der Waals surface area (Å²) in [6.07, 6.45) is 2.90. The van der Waals surface area contributed by atoms with Crippen LogP contribution in [0.25, 0.3) is 11.1 Å². The summed E-state index contributed by atoms with van der Waals surface area (Å²) in [4.78, 5) is 12.1. The quantitative estimate of drug-likeness (QED) is 0.373. The molecule has 204 valence electrons. The molecule has 1 aromatic carbocycles. The minimum atomic E-state index is -3.26. The zero-order valence-electron chi connectivity index (χ0n) is 23.8. The van der Waals surface area contributed by atoms with Gasteiger partial charge in [-0.3, -0.25) is 10.1 Å². The number of hydrogen-bond donors (Lipinski definition) is 1. The van der Waals surface area contributed by atoms with Gasteiger partial charge in [0.25, 0.3) is 0 Å². The molecule has 1 aliphatic rings. The van der Waals surface area contributed by atoms with Crippen LogP contribution in [0.1, 0.15) is 44.6 Å². The molecular weight excluding hydrogens is 497 g/mol. The Morgan fingerprint density at radius 3 is 2.32 bits per heavy atom. The summed E-state index contributed by atoms with van der Waals surface area (Å²) in [6, 6.07) is 11.1. The molecule has 1 aliphatic heterocycles. The molecule has 2 radical (unpaired) electrons. The Labute approximate surface area is 229 Å². The van der Waals surface area contributed by atoms with Gasteiger partial charge < -0.3 is 9.64 Å². The molecule has 0 saturated carbocycles. The van der Waals surface area contributed by atoms with E-state index in [0.717, 1.165) is 52.1 Å². The van der Waals surface area contributed by atoms with Gasteiger partial charge in [0.15, 0.2) is 9.84 Å². The first-order valence-corrected chi connectivity index (χ1v) is 14.6. The van der Waals surface area contributed by atoms with E-state index in [0.29, 0.717) is 18.1 Å². The largest absolute Gasteiger partial charge is 0.377 e. The maximum atomic E-state index is 11.9. The zero-order valence-corrected chi connectivity index (χ0v) is 24.6. The van der Waals surface area contributed by atoms with Crippen molar-refractivity contribution in [2.45, 2.75) is 52.4 Å². The Morgan fingerprint density at radius 2 is 1.82 bits per heavy atom. The first-order chi connectivity index (χ1) is 18.0. The third kappa shape index (κ3) is 8.01. The molecule has 1 fully saturated rings. The summed E-state index contributed by atoms with van der Waals surface area (Å²) in [5.41, 5.74) is 5.11. The molecule has 4 rings (SSSR count). The van der Waals surface area contributed by atoms with Crippen LogP contribution in [0.15, 0.2) is 52.5 Å². The van der Waals surface area contributed by atoms with Crippen LogP contribution in [0.4, 0.5) is 5.82 Å². The number of anilines is 1. The van der Waals surface area contributed by atoms with E-state index in [4.69, 9.17) is 9.72 Å². The lowest BCUT2D eigenvalue weighted by Gasteiger charge is -2.35. The van der Waals surface area contributed by atoms with Gasteiger partial charge in [-0.15, -0.1) is 0 Å². The lowest BCUT2D eigenvalue weighted by Crippen LogP contribution is -2.44. The van der Waals surface area contributed by atoms with E-state index in [1.54, 1.807) is 25.4 Å². The van der Waals surface area contributed by atoms with Gasteiger partial charge in [0, 0.05) is 26.0 Å². The van der Waals surface area contributed by atoms with Gasteiger partial charge in [0.2, 0.25) is 0 Å². The Morgan fingerprint density at radius 1 is 1.18 bits per heavy atom. The second kappa shape index (κ2) is 14.3. The topological polar surface area (TPSA) is 101 Å². The number of nitrogens with one attached hydrogen (secondary N) is 1. The number of rotatable bonds is 5. The molecule has 1 atom stereocenters. The van der Waals surface area contributed by atoms with Crippen LogP contribution in [0.3, 0.4) is 0 Å². The van der Waals surface area contributed by atoms with Crippen LogP contribution in [-0.4, -0.2) is 76.3 Å². The minimum absolute atomic E-state index is 0.182. The maximum absolute atomic E-state index is 11.9. The number of H-pyrrole nitrogens is 1. The smallest absolute Gasteiger partial charge is 0.175 e. The summed E-state index contributed by atoms with van der Waals surface area (Å²) < 4.78 is 29.4. The molecule has 8 nitrogen and oxygen atoms in total. The molecule has 38 heavy (non-hydrogen) atoms. The highest BCUT2D eigenvalue weighted by Gasteiger charge is 2.24. The van der Waals surface area contributed by atoms with Crippen molar-refractivity contribution in [2.75, 3.05) is 38.0 Å². The van der Waals surface area contributed by atoms with Crippen LogP contribution < -0.4 is 4.90 Å². The SMILES string of the molecule is CC(C)C.CN=C(c1ccn[nH]1)c1nc(N2CCOCC2C)cc(-c2ccc(S(C)(=O)=O)cc2)c1C.[B]C. The second-order valence-electron chi connectivity index (χ2n) is 9.69. The van der Waals surface area contributed by atoms with E-state index >= 15 is 0 Å². The van der Waals surface area contributed by atoms with E-state index in [1.165, 1.54) is 13.1 Å². The number of aromatic nitrogens is 3. The van der Waals surface area contributed by atoms with Crippen LogP contribution in [0, 0.1) is 12.8 Å². The number of nitrogens with zero attached hydrogens (tertiary/aromatic N) is 4. The predicted octanol–water partition coefficient (Wildman–Crippen LogP) is 4.74. The highest BCUT2D eigenvalue weighted by atomic mass is 32.2. The summed E-state index contributed by atoms with van der Waals surface area (Å²) in [6.45, 7) is 14.1. The van der Waals surface area contributed by atoms with Gasteiger partial charge >= 0.3 is 0 Å². The van der Waals surface area contributed by atoms with Crippen molar-refractivity contribution >= 4 is 29.2 Å². The van der Waals surface area contributed by atoms with Gasteiger partial charge in [-0.2, -0.15) is 5.10 Å². The number of hydrogen-bond acceptors (Lipinski definition) is 7. The molecule has 0 bridgehead atoms. The fraction of sp³-hybridized carbons (Fsp3) is 0.464. The lowest BCUT2D eigenvalue weighted by atomic mass is 9.97. The van der Waals surface area contributed by atoms with E-state index in [2.05, 4.69) is 61.7 Å². The van der Waals surface area contributed by atoms with Gasteiger partial charge in [-0.1, -0.05) is 39.7 Å². The molecule has 1 saturated heterocycles. The normalized spacial score (nSPS) is 15.9. The Kier molecular flexibility index (Phi) is 11.7. The average Bonchev–Trinajstić information content (AvgIpc) is 3.41. The minimum Gasteiger partial charge on any atom is -0.377 e. The third-order valence-electron chi connectivity index (χ3n) is 5.72. The number of sulfone groups is 1. The van der Waals surface area contributed by atoms with Gasteiger partial charge in [-0.25, -0.2) is 13.4 Å². The highest BCUT2D eigenvalue weighted by molar-refractivity contribution is 7.90. The van der Waals surface area contributed by atoms with Crippen LogP contribution in [-0.2, 0) is 14.6 Å². The van der Waals surface area contributed by atoms with Gasteiger partial charge in [0.05, 0.1) is 43.4 Å². The van der Waals surface area contributed by atoms with E-state index in [1.807, 2.05) is 25.1 Å². The fourth-order valence-corrected chi connectivity index (χ4v) is 4.59.